The van der Waals surface area contributed by atoms with E-state index in [1.165, 1.54) is 12.1 Å². The van der Waals surface area contributed by atoms with Crippen LogP contribution in [0.25, 0.3) is 22.3 Å². The maximum Gasteiger partial charge on any atom is 0.298 e. The van der Waals surface area contributed by atoms with Gasteiger partial charge in [-0.25, -0.2) is 0 Å². The molecule has 0 spiro atoms. The van der Waals surface area contributed by atoms with Crippen LogP contribution >= 0.6 is 0 Å². The van der Waals surface area contributed by atoms with Crippen molar-refractivity contribution in [1.29, 1.82) is 0 Å². The van der Waals surface area contributed by atoms with Crippen molar-refractivity contribution in [2.24, 2.45) is 0 Å². The van der Waals surface area contributed by atoms with E-state index >= 15 is 0 Å². The van der Waals surface area contributed by atoms with E-state index in [0.717, 1.165) is 0 Å². The highest BCUT2D eigenvalue weighted by atomic mass is 32.2. The quantitative estimate of drug-likeness (QED) is 0.700. The van der Waals surface area contributed by atoms with Gasteiger partial charge in [-0.3, -0.25) is 9.35 Å². The first kappa shape index (κ1) is 17.4. The van der Waals surface area contributed by atoms with Crippen LogP contribution in [0.1, 0.15) is 26.3 Å². The molecule has 1 heterocycles. The lowest BCUT2D eigenvalue weighted by Crippen LogP contribution is -2.14. The monoisotopic (exact) mass is 358 g/mol. The lowest BCUT2D eigenvalue weighted by atomic mass is 9.86. The molecule has 6 heteroatoms. The lowest BCUT2D eigenvalue weighted by Gasteiger charge is -2.20. The summed E-state index contributed by atoms with van der Waals surface area (Å²) in [5.74, 6) is 0.242. The van der Waals surface area contributed by atoms with Gasteiger partial charge in [-0.05, 0) is 23.1 Å². The summed E-state index contributed by atoms with van der Waals surface area (Å²) in [6.45, 7) is 5.67. The Labute approximate surface area is 145 Å². The largest absolute Gasteiger partial charge is 0.454 e. The minimum atomic E-state index is -4.56. The van der Waals surface area contributed by atoms with E-state index in [1.807, 2.05) is 26.8 Å². The highest BCUT2D eigenvalue weighted by Gasteiger charge is 2.24. The molecule has 0 atom stereocenters. The number of hydrogen-bond donors (Lipinski definition) is 1. The Bertz CT molecular complexity index is 1100. The summed E-state index contributed by atoms with van der Waals surface area (Å²) in [7, 11) is -4.56. The van der Waals surface area contributed by atoms with Crippen LogP contribution in [0.15, 0.2) is 62.6 Å². The fourth-order valence-corrected chi connectivity index (χ4v) is 3.26. The lowest BCUT2D eigenvalue weighted by molar-refractivity contribution is 0.480. The van der Waals surface area contributed by atoms with E-state index in [2.05, 4.69) is 0 Å². The first-order valence-corrected chi connectivity index (χ1v) is 9.17. The third-order valence-corrected chi connectivity index (χ3v) is 4.86. The second-order valence-electron chi connectivity index (χ2n) is 6.92. The van der Waals surface area contributed by atoms with E-state index in [4.69, 9.17) is 4.42 Å². The van der Waals surface area contributed by atoms with Crippen molar-refractivity contribution in [3.8, 4) is 11.3 Å². The molecule has 25 heavy (non-hydrogen) atoms. The third kappa shape index (κ3) is 3.36. The molecule has 130 valence electrons. The molecule has 0 radical (unpaired) electrons. The van der Waals surface area contributed by atoms with Gasteiger partial charge in [0.25, 0.3) is 10.1 Å². The van der Waals surface area contributed by atoms with Gasteiger partial charge in [-0.2, -0.15) is 8.42 Å². The first-order valence-electron chi connectivity index (χ1n) is 7.73. The molecule has 0 aliphatic rings. The highest BCUT2D eigenvalue weighted by molar-refractivity contribution is 7.86. The van der Waals surface area contributed by atoms with Crippen molar-refractivity contribution >= 4 is 21.1 Å². The van der Waals surface area contributed by atoms with E-state index in [1.54, 1.807) is 30.3 Å². The second-order valence-corrected chi connectivity index (χ2v) is 8.31. The zero-order valence-electron chi connectivity index (χ0n) is 14.1. The van der Waals surface area contributed by atoms with Gasteiger partial charge in [-0.1, -0.05) is 51.1 Å². The van der Waals surface area contributed by atoms with Gasteiger partial charge < -0.3 is 4.42 Å². The van der Waals surface area contributed by atoms with Gasteiger partial charge in [0.15, 0.2) is 11.0 Å². The Morgan fingerprint density at radius 2 is 1.64 bits per heavy atom. The molecular formula is C19H18O5S. The Morgan fingerprint density at radius 3 is 2.20 bits per heavy atom. The SMILES string of the molecule is CC(C)(C)c1cc(S(=O)(=O)O)c2oc(-c3ccccc3)cc(=O)c2c1. The molecule has 0 aliphatic carbocycles. The summed E-state index contributed by atoms with van der Waals surface area (Å²) in [4.78, 5) is 12.2. The topological polar surface area (TPSA) is 84.6 Å². The van der Waals surface area contributed by atoms with Gasteiger partial charge in [0.2, 0.25) is 0 Å². The van der Waals surface area contributed by atoms with Crippen molar-refractivity contribution in [3.63, 3.8) is 0 Å². The number of fused-ring (bicyclic) bond motifs is 1. The van der Waals surface area contributed by atoms with Crippen LogP contribution in [-0.4, -0.2) is 13.0 Å². The van der Waals surface area contributed by atoms with Crippen molar-refractivity contribution in [2.75, 3.05) is 0 Å². The van der Waals surface area contributed by atoms with Gasteiger partial charge in [0.05, 0.1) is 5.39 Å². The molecule has 3 rings (SSSR count). The van der Waals surface area contributed by atoms with Crippen molar-refractivity contribution in [3.05, 3.63) is 64.3 Å². The van der Waals surface area contributed by atoms with Crippen LogP contribution in [0.4, 0.5) is 0 Å². The summed E-state index contributed by atoms with van der Waals surface area (Å²) in [5, 5.41) is 0.125. The van der Waals surface area contributed by atoms with E-state index in [-0.39, 0.29) is 22.2 Å². The van der Waals surface area contributed by atoms with Crippen LogP contribution < -0.4 is 5.43 Å². The Balaban J connectivity index is 2.44. The molecule has 0 saturated heterocycles. The van der Waals surface area contributed by atoms with Crippen molar-refractivity contribution in [1.82, 2.24) is 0 Å². The average Bonchev–Trinajstić information content (AvgIpc) is 2.53. The smallest absolute Gasteiger partial charge is 0.298 e. The number of rotatable bonds is 2. The Kier molecular flexibility index (Phi) is 4.05. The Morgan fingerprint density at radius 1 is 1.00 bits per heavy atom. The molecule has 0 aliphatic heterocycles. The van der Waals surface area contributed by atoms with Gasteiger partial charge in [-0.15, -0.1) is 0 Å². The zero-order valence-corrected chi connectivity index (χ0v) is 14.9. The summed E-state index contributed by atoms with van der Waals surface area (Å²) < 4.78 is 39.1. The maximum absolute atomic E-state index is 12.6. The molecular weight excluding hydrogens is 340 g/mol. The molecule has 0 fully saturated rings. The fourth-order valence-electron chi connectivity index (χ4n) is 2.60. The summed E-state index contributed by atoms with van der Waals surface area (Å²) >= 11 is 0. The first-order chi connectivity index (χ1) is 11.6. The average molecular weight is 358 g/mol. The molecule has 3 aromatic rings. The van der Waals surface area contributed by atoms with E-state index < -0.39 is 20.4 Å². The molecule has 5 nitrogen and oxygen atoms in total. The molecule has 1 aromatic heterocycles. The third-order valence-electron chi connectivity index (χ3n) is 4.00. The van der Waals surface area contributed by atoms with Crippen LogP contribution in [0.5, 0.6) is 0 Å². The highest BCUT2D eigenvalue weighted by Crippen LogP contribution is 2.32. The van der Waals surface area contributed by atoms with Gasteiger partial charge in [0.1, 0.15) is 10.7 Å². The Hall–Kier alpha value is -2.44. The van der Waals surface area contributed by atoms with Gasteiger partial charge in [0, 0.05) is 11.6 Å². The van der Waals surface area contributed by atoms with E-state index in [0.29, 0.717) is 11.1 Å². The predicted molar refractivity (Wildman–Crippen MR) is 96.4 cm³/mol. The molecule has 2 aromatic carbocycles. The maximum atomic E-state index is 12.6. The van der Waals surface area contributed by atoms with Crippen molar-refractivity contribution < 1.29 is 17.4 Å². The summed E-state index contributed by atoms with van der Waals surface area (Å²) in [5.41, 5.74) is 0.353. The predicted octanol–water partition coefficient (Wildman–Crippen LogP) is 4.00. The summed E-state index contributed by atoms with van der Waals surface area (Å²) in [6.07, 6.45) is 0. The summed E-state index contributed by atoms with van der Waals surface area (Å²) in [6, 6.07) is 13.2. The minimum absolute atomic E-state index is 0.125. The number of hydrogen-bond acceptors (Lipinski definition) is 4. The van der Waals surface area contributed by atoms with Crippen LogP contribution in [0.3, 0.4) is 0 Å². The molecule has 0 unspecified atom stereocenters. The zero-order chi connectivity index (χ0) is 18.4. The van der Waals surface area contributed by atoms with E-state index in [9.17, 15) is 17.8 Å². The number of benzene rings is 2. The van der Waals surface area contributed by atoms with Crippen molar-refractivity contribution in [2.45, 2.75) is 31.1 Å². The van der Waals surface area contributed by atoms with Gasteiger partial charge >= 0.3 is 0 Å². The van der Waals surface area contributed by atoms with Crippen LogP contribution in [0, 0.1) is 0 Å². The molecule has 0 bridgehead atoms. The van der Waals surface area contributed by atoms with Crippen LogP contribution in [-0.2, 0) is 15.5 Å². The minimum Gasteiger partial charge on any atom is -0.454 e. The van der Waals surface area contributed by atoms with Crippen LogP contribution in [0.2, 0.25) is 0 Å². The standard InChI is InChI=1S/C19H18O5S/c1-19(2,3)13-9-14-15(20)11-16(12-7-5-4-6-8-12)24-18(14)17(10-13)25(21,22)23/h4-11H,1-3H3,(H,21,22,23). The second kappa shape index (κ2) is 5.82. The fraction of sp³-hybridized carbons (Fsp3) is 0.211. The molecule has 0 saturated carbocycles. The molecule has 1 N–H and O–H groups in total. The normalized spacial score (nSPS) is 12.5. The molecule has 0 amide bonds.